The van der Waals surface area contributed by atoms with Gasteiger partial charge in [0.25, 0.3) is 0 Å². The Morgan fingerprint density at radius 2 is 1.95 bits per heavy atom. The predicted molar refractivity (Wildman–Crippen MR) is 81.2 cm³/mol. The van der Waals surface area contributed by atoms with Crippen molar-refractivity contribution < 1.29 is 8.42 Å². The minimum absolute atomic E-state index is 0.105. The highest BCUT2D eigenvalue weighted by atomic mass is 32.2. The molecule has 1 unspecified atom stereocenters. The summed E-state index contributed by atoms with van der Waals surface area (Å²) in [6.07, 6.45) is 4.42. The fraction of sp³-hybridized carbons (Fsp3) is 0.600. The molecule has 0 aliphatic heterocycles. The van der Waals surface area contributed by atoms with Crippen LogP contribution in [0.5, 0.6) is 0 Å². The molecule has 0 bridgehead atoms. The normalized spacial score (nSPS) is 13.4. The molecule has 4 heteroatoms. The average Bonchev–Trinajstić information content (AvgIpc) is 2.34. The van der Waals surface area contributed by atoms with Crippen LogP contribution in [0.1, 0.15) is 43.9 Å². The lowest BCUT2D eigenvalue weighted by Gasteiger charge is -2.19. The van der Waals surface area contributed by atoms with Crippen LogP contribution < -0.4 is 5.32 Å². The summed E-state index contributed by atoms with van der Waals surface area (Å²) in [5.41, 5.74) is 2.35. The maximum absolute atomic E-state index is 11.5. The lowest BCUT2D eigenvalue weighted by molar-refractivity contribution is 0.549. The van der Waals surface area contributed by atoms with Crippen LogP contribution in [0, 0.1) is 0 Å². The first-order valence-corrected chi connectivity index (χ1v) is 9.02. The largest absolute Gasteiger partial charge is 0.309 e. The highest BCUT2D eigenvalue weighted by Gasteiger charge is 2.16. The Morgan fingerprint density at radius 3 is 2.53 bits per heavy atom. The first-order chi connectivity index (χ1) is 8.96. The third kappa shape index (κ3) is 6.21. The minimum atomic E-state index is -2.99. The summed E-state index contributed by atoms with van der Waals surface area (Å²) in [7, 11) is -2.99. The summed E-state index contributed by atoms with van der Waals surface area (Å²) in [4.78, 5) is 0. The van der Waals surface area contributed by atoms with Crippen molar-refractivity contribution in [2.24, 2.45) is 0 Å². The van der Waals surface area contributed by atoms with Gasteiger partial charge in [-0.05, 0) is 30.5 Å². The van der Waals surface area contributed by atoms with Gasteiger partial charge in [-0.1, -0.05) is 44.5 Å². The second-order valence-corrected chi connectivity index (χ2v) is 7.28. The molecule has 0 spiro atoms. The van der Waals surface area contributed by atoms with Crippen LogP contribution in [-0.2, 0) is 16.3 Å². The number of nitrogens with one attached hydrogen (secondary N) is 1. The van der Waals surface area contributed by atoms with E-state index in [4.69, 9.17) is 0 Å². The van der Waals surface area contributed by atoms with Crippen LogP contribution in [0.2, 0.25) is 0 Å². The van der Waals surface area contributed by atoms with Crippen LogP contribution in [0.25, 0.3) is 0 Å². The monoisotopic (exact) mass is 283 g/mol. The van der Waals surface area contributed by atoms with Gasteiger partial charge in [0.15, 0.2) is 0 Å². The van der Waals surface area contributed by atoms with Gasteiger partial charge in [0.2, 0.25) is 0 Å². The maximum Gasteiger partial charge on any atom is 0.149 e. The molecule has 0 aliphatic rings. The Kier molecular flexibility index (Phi) is 6.52. The number of hydrogen-bond donors (Lipinski definition) is 1. The molecule has 0 radical (unpaired) electrons. The fourth-order valence-electron chi connectivity index (χ4n) is 2.15. The molecule has 1 rings (SSSR count). The second kappa shape index (κ2) is 7.65. The molecule has 1 N–H and O–H groups in total. The van der Waals surface area contributed by atoms with Crippen molar-refractivity contribution in [3.63, 3.8) is 0 Å². The Morgan fingerprint density at radius 1 is 1.21 bits per heavy atom. The summed E-state index contributed by atoms with van der Waals surface area (Å²) >= 11 is 0. The van der Waals surface area contributed by atoms with Gasteiger partial charge in [-0.25, -0.2) is 8.42 Å². The molecule has 0 fully saturated rings. The lowest BCUT2D eigenvalue weighted by atomic mass is 10.0. The molecule has 19 heavy (non-hydrogen) atoms. The van der Waals surface area contributed by atoms with Crippen molar-refractivity contribution in [1.82, 2.24) is 5.32 Å². The number of hydrogen-bond acceptors (Lipinski definition) is 3. The van der Waals surface area contributed by atoms with Gasteiger partial charge < -0.3 is 5.32 Å². The van der Waals surface area contributed by atoms with E-state index in [1.807, 2.05) is 12.1 Å². The van der Waals surface area contributed by atoms with Gasteiger partial charge in [-0.15, -0.1) is 0 Å². The molecule has 1 atom stereocenters. The van der Waals surface area contributed by atoms with E-state index in [-0.39, 0.29) is 11.8 Å². The van der Waals surface area contributed by atoms with Gasteiger partial charge in [-0.2, -0.15) is 0 Å². The van der Waals surface area contributed by atoms with Crippen molar-refractivity contribution in [3.8, 4) is 0 Å². The van der Waals surface area contributed by atoms with Gasteiger partial charge >= 0.3 is 0 Å². The van der Waals surface area contributed by atoms with E-state index in [9.17, 15) is 8.42 Å². The van der Waals surface area contributed by atoms with Gasteiger partial charge in [0.05, 0.1) is 5.75 Å². The number of rotatable bonds is 8. The van der Waals surface area contributed by atoms with E-state index < -0.39 is 9.84 Å². The summed E-state index contributed by atoms with van der Waals surface area (Å²) < 4.78 is 23.1. The summed E-state index contributed by atoms with van der Waals surface area (Å²) in [6, 6.07) is 8.15. The smallest absolute Gasteiger partial charge is 0.149 e. The molecule has 1 aromatic rings. The van der Waals surface area contributed by atoms with Crippen LogP contribution in [-0.4, -0.2) is 27.0 Å². The molecule has 0 amide bonds. The molecule has 0 aliphatic carbocycles. The van der Waals surface area contributed by atoms with Crippen LogP contribution in [0.15, 0.2) is 24.3 Å². The topological polar surface area (TPSA) is 46.2 Å². The zero-order valence-corrected chi connectivity index (χ0v) is 13.0. The third-order valence-corrected chi connectivity index (χ3v) is 3.94. The minimum Gasteiger partial charge on any atom is -0.309 e. The van der Waals surface area contributed by atoms with Crippen molar-refractivity contribution in [2.75, 3.05) is 18.6 Å². The van der Waals surface area contributed by atoms with E-state index in [2.05, 4.69) is 31.3 Å². The zero-order valence-electron chi connectivity index (χ0n) is 12.1. The van der Waals surface area contributed by atoms with Crippen LogP contribution in [0.3, 0.4) is 0 Å². The van der Waals surface area contributed by atoms with Crippen molar-refractivity contribution in [1.29, 1.82) is 0 Å². The van der Waals surface area contributed by atoms with Crippen LogP contribution in [0.4, 0.5) is 0 Å². The Bertz CT molecular complexity index is 483. The summed E-state index contributed by atoms with van der Waals surface area (Å²) in [5.74, 6) is 0.155. The molecule has 108 valence electrons. The molecular weight excluding hydrogens is 258 g/mol. The van der Waals surface area contributed by atoms with E-state index in [1.165, 1.54) is 11.8 Å². The summed E-state index contributed by atoms with van der Waals surface area (Å²) in [5, 5.41) is 3.33. The lowest BCUT2D eigenvalue weighted by Crippen LogP contribution is -2.28. The van der Waals surface area contributed by atoms with E-state index in [0.29, 0.717) is 0 Å². The number of benzene rings is 1. The zero-order chi connectivity index (χ0) is 14.3. The van der Waals surface area contributed by atoms with Crippen LogP contribution >= 0.6 is 0 Å². The predicted octanol–water partition coefficient (Wildman–Crippen LogP) is 2.72. The molecule has 0 aromatic heterocycles. The molecule has 3 nitrogen and oxygen atoms in total. The average molecular weight is 283 g/mol. The standard InChI is InChI=1S/C15H25NO2S/c1-4-7-13-8-6-9-14(11-13)15(16-10-5-2)12-19(3,17)18/h6,8-9,11,15-16H,4-5,7,10,12H2,1-3H3. The number of sulfone groups is 1. The maximum atomic E-state index is 11.5. The highest BCUT2D eigenvalue weighted by molar-refractivity contribution is 7.90. The Hall–Kier alpha value is -0.870. The van der Waals surface area contributed by atoms with E-state index in [1.54, 1.807) is 0 Å². The van der Waals surface area contributed by atoms with Gasteiger partial charge in [0.1, 0.15) is 9.84 Å². The van der Waals surface area contributed by atoms with Crippen molar-refractivity contribution in [2.45, 2.75) is 39.2 Å². The van der Waals surface area contributed by atoms with Crippen molar-refractivity contribution >= 4 is 9.84 Å². The first kappa shape index (κ1) is 16.2. The SMILES string of the molecule is CCCNC(CS(C)(=O)=O)c1cccc(CCC)c1. The fourth-order valence-corrected chi connectivity index (χ4v) is 3.06. The first-order valence-electron chi connectivity index (χ1n) is 6.96. The van der Waals surface area contributed by atoms with E-state index >= 15 is 0 Å². The molecule has 0 saturated carbocycles. The second-order valence-electron chi connectivity index (χ2n) is 5.09. The molecular formula is C15H25NO2S. The Labute approximate surface area is 117 Å². The quantitative estimate of drug-likeness (QED) is 0.798. The number of aryl methyl sites for hydroxylation is 1. The van der Waals surface area contributed by atoms with Gasteiger partial charge in [0, 0.05) is 12.3 Å². The Balaban J connectivity index is 2.92. The molecule has 1 aromatic carbocycles. The highest BCUT2D eigenvalue weighted by Crippen LogP contribution is 2.17. The molecule has 0 saturated heterocycles. The van der Waals surface area contributed by atoms with E-state index in [0.717, 1.165) is 31.4 Å². The molecule has 0 heterocycles. The van der Waals surface area contributed by atoms with Gasteiger partial charge in [-0.3, -0.25) is 0 Å². The third-order valence-electron chi connectivity index (χ3n) is 3.00. The van der Waals surface area contributed by atoms with Crippen molar-refractivity contribution in [3.05, 3.63) is 35.4 Å². The summed E-state index contributed by atoms with van der Waals surface area (Å²) in [6.45, 7) is 5.06.